The van der Waals surface area contributed by atoms with E-state index in [4.69, 9.17) is 0 Å². The molecule has 1 fully saturated rings. The van der Waals surface area contributed by atoms with Gasteiger partial charge in [-0.05, 0) is 105 Å². The minimum Gasteiger partial charge on any atom is -0.310 e. The monoisotopic (exact) mass is 673 g/mol. The largest absolute Gasteiger partial charge is 0.310 e. The third-order valence-electron chi connectivity index (χ3n) is 12.2. The minimum atomic E-state index is -0.0905. The molecule has 1 saturated carbocycles. The van der Waals surface area contributed by atoms with Crippen molar-refractivity contribution in [2.75, 3.05) is 4.90 Å². The van der Waals surface area contributed by atoms with Gasteiger partial charge in [0.2, 0.25) is 0 Å². The summed E-state index contributed by atoms with van der Waals surface area (Å²) >= 11 is 0. The van der Waals surface area contributed by atoms with Crippen LogP contribution in [0.4, 0.5) is 17.1 Å². The number of anilines is 3. The third-order valence-corrected chi connectivity index (χ3v) is 12.2. The van der Waals surface area contributed by atoms with Crippen molar-refractivity contribution in [2.45, 2.75) is 69.6 Å². The summed E-state index contributed by atoms with van der Waals surface area (Å²) in [4.78, 5) is 2.47. The molecule has 9 rings (SSSR count). The van der Waals surface area contributed by atoms with Crippen molar-refractivity contribution in [2.24, 2.45) is 0 Å². The molecule has 0 atom stereocenters. The van der Waals surface area contributed by atoms with E-state index in [9.17, 15) is 0 Å². The Balaban J connectivity index is 1.20. The van der Waals surface area contributed by atoms with Crippen LogP contribution in [0.1, 0.15) is 81.0 Å². The zero-order valence-electron chi connectivity index (χ0n) is 30.5. The fraction of sp³-hybridized carbons (Fsp3) is 0.216. The van der Waals surface area contributed by atoms with Gasteiger partial charge in [-0.2, -0.15) is 0 Å². The molecule has 0 N–H and O–H groups in total. The van der Waals surface area contributed by atoms with Gasteiger partial charge in [0.1, 0.15) is 0 Å². The summed E-state index contributed by atoms with van der Waals surface area (Å²) in [5.41, 5.74) is 14.4. The lowest BCUT2D eigenvalue weighted by atomic mass is 9.67. The molecule has 0 aromatic heterocycles. The number of benzene rings is 7. The van der Waals surface area contributed by atoms with E-state index in [2.05, 4.69) is 183 Å². The van der Waals surface area contributed by atoms with E-state index in [-0.39, 0.29) is 10.8 Å². The fourth-order valence-electron chi connectivity index (χ4n) is 9.49. The van der Waals surface area contributed by atoms with Crippen molar-refractivity contribution in [3.8, 4) is 22.3 Å². The molecule has 1 heteroatoms. The summed E-state index contributed by atoms with van der Waals surface area (Å²) in [6.07, 6.45) is 8.97. The van der Waals surface area contributed by atoms with Gasteiger partial charge in [-0.3, -0.25) is 0 Å². The van der Waals surface area contributed by atoms with E-state index >= 15 is 0 Å². The Morgan fingerprint density at radius 2 is 1.02 bits per heavy atom. The summed E-state index contributed by atoms with van der Waals surface area (Å²) in [6, 6.07) is 61.5. The molecule has 52 heavy (non-hydrogen) atoms. The lowest BCUT2D eigenvalue weighted by Crippen LogP contribution is -2.29. The van der Waals surface area contributed by atoms with E-state index in [0.29, 0.717) is 0 Å². The fourth-order valence-corrected chi connectivity index (χ4v) is 9.49. The van der Waals surface area contributed by atoms with E-state index in [1.54, 1.807) is 0 Å². The highest BCUT2D eigenvalue weighted by Crippen LogP contribution is 2.54. The van der Waals surface area contributed by atoms with Crippen LogP contribution in [0.5, 0.6) is 0 Å². The van der Waals surface area contributed by atoms with Crippen molar-refractivity contribution >= 4 is 27.8 Å². The number of hydrogen-bond donors (Lipinski definition) is 0. The molecule has 2 aliphatic rings. The molecule has 7 aromatic rings. The van der Waals surface area contributed by atoms with Crippen LogP contribution in [-0.2, 0) is 10.8 Å². The highest BCUT2D eigenvalue weighted by atomic mass is 15.1. The number of nitrogens with zero attached hydrogens (tertiary/aromatic N) is 1. The summed E-state index contributed by atoms with van der Waals surface area (Å²) in [6.45, 7) is 4.76. The van der Waals surface area contributed by atoms with Crippen LogP contribution in [0.2, 0.25) is 0 Å². The van der Waals surface area contributed by atoms with Crippen LogP contribution in [-0.4, -0.2) is 0 Å². The zero-order chi connectivity index (χ0) is 35.1. The van der Waals surface area contributed by atoms with Gasteiger partial charge in [-0.25, -0.2) is 0 Å². The van der Waals surface area contributed by atoms with Gasteiger partial charge in [0.25, 0.3) is 0 Å². The predicted octanol–water partition coefficient (Wildman–Crippen LogP) is 14.3. The second-order valence-electron chi connectivity index (χ2n) is 15.6. The molecule has 0 aliphatic heterocycles. The van der Waals surface area contributed by atoms with Crippen molar-refractivity contribution < 1.29 is 0 Å². The molecule has 0 saturated heterocycles. The minimum absolute atomic E-state index is 0.0463. The molecule has 0 heterocycles. The van der Waals surface area contributed by atoms with Gasteiger partial charge in [-0.15, -0.1) is 0 Å². The number of rotatable bonds is 6. The predicted molar refractivity (Wildman–Crippen MR) is 221 cm³/mol. The van der Waals surface area contributed by atoms with Crippen molar-refractivity contribution in [3.63, 3.8) is 0 Å². The van der Waals surface area contributed by atoms with Crippen LogP contribution in [0.25, 0.3) is 33.0 Å². The first kappa shape index (κ1) is 32.5. The summed E-state index contributed by atoms with van der Waals surface area (Å²) in [5.74, 6) is 0. The van der Waals surface area contributed by atoms with E-state index in [1.807, 2.05) is 0 Å². The van der Waals surface area contributed by atoms with E-state index in [0.717, 1.165) is 0 Å². The van der Waals surface area contributed by atoms with Gasteiger partial charge in [0.15, 0.2) is 0 Å². The van der Waals surface area contributed by atoms with Crippen LogP contribution in [0.3, 0.4) is 0 Å². The van der Waals surface area contributed by atoms with E-state index in [1.165, 1.54) is 117 Å². The molecule has 2 aliphatic carbocycles. The van der Waals surface area contributed by atoms with Gasteiger partial charge in [0.05, 0.1) is 0 Å². The average Bonchev–Trinajstić information content (AvgIpc) is 3.41. The summed E-state index contributed by atoms with van der Waals surface area (Å²) < 4.78 is 0. The molecular formula is C51H47N. The molecule has 256 valence electrons. The Hall–Kier alpha value is -5.40. The van der Waals surface area contributed by atoms with E-state index < -0.39 is 0 Å². The zero-order valence-corrected chi connectivity index (χ0v) is 30.5. The van der Waals surface area contributed by atoms with Gasteiger partial charge < -0.3 is 4.90 Å². The quantitative estimate of drug-likeness (QED) is 0.170. The first-order chi connectivity index (χ1) is 25.5. The molecule has 0 unspecified atom stereocenters. The Labute approximate surface area is 309 Å². The second kappa shape index (κ2) is 13.3. The number of fused-ring (bicyclic) bond motifs is 4. The Bertz CT molecular complexity index is 2340. The lowest BCUT2D eigenvalue weighted by Gasteiger charge is -2.37. The summed E-state index contributed by atoms with van der Waals surface area (Å²) in [7, 11) is 0. The third kappa shape index (κ3) is 5.55. The first-order valence-corrected chi connectivity index (χ1v) is 19.3. The van der Waals surface area contributed by atoms with Crippen LogP contribution < -0.4 is 4.90 Å². The van der Waals surface area contributed by atoms with Crippen LogP contribution >= 0.6 is 0 Å². The van der Waals surface area contributed by atoms with Crippen LogP contribution in [0, 0.1) is 0 Å². The molecule has 7 aromatic carbocycles. The molecule has 0 spiro atoms. The highest BCUT2D eigenvalue weighted by Gasteiger charge is 2.38. The highest BCUT2D eigenvalue weighted by molar-refractivity contribution is 5.95. The van der Waals surface area contributed by atoms with Crippen LogP contribution in [0.15, 0.2) is 164 Å². The maximum absolute atomic E-state index is 2.47. The molecule has 1 nitrogen and oxygen atoms in total. The Kier molecular flexibility index (Phi) is 8.31. The molecule has 0 bridgehead atoms. The standard InChI is InChI=1S/C51H47N/c1-50(2)47-32-31-44(36-46(47)49-45(23-16-24-48(49)50)38-18-8-6-9-19-38)52(43-28-25-37-17-12-13-20-39(37)35-43)42-29-26-41(27-30-42)51(40-21-10-7-11-22-40)33-14-4-3-5-15-34-51/h6-13,16-32,35-36H,3-5,14-15,33-34H2,1-2H3. The molecule has 0 amide bonds. The van der Waals surface area contributed by atoms with Crippen molar-refractivity contribution in [1.82, 2.24) is 0 Å². The van der Waals surface area contributed by atoms with Gasteiger partial charge in [0, 0.05) is 27.9 Å². The maximum atomic E-state index is 2.47. The summed E-state index contributed by atoms with van der Waals surface area (Å²) in [5, 5.41) is 2.51. The average molecular weight is 674 g/mol. The smallest absolute Gasteiger partial charge is 0.0468 e. The normalized spacial score (nSPS) is 16.0. The number of hydrogen-bond acceptors (Lipinski definition) is 1. The second-order valence-corrected chi connectivity index (χ2v) is 15.6. The van der Waals surface area contributed by atoms with Gasteiger partial charge in [-0.1, -0.05) is 173 Å². The molecular weight excluding hydrogens is 627 g/mol. The SMILES string of the molecule is CC1(C)c2ccc(N(c3ccc(C4(c5ccccc5)CCCCCCC4)cc3)c3ccc4ccccc4c3)cc2-c2c(-c3ccccc3)cccc21. The van der Waals surface area contributed by atoms with Crippen molar-refractivity contribution in [3.05, 3.63) is 186 Å². The first-order valence-electron chi connectivity index (χ1n) is 19.3. The Morgan fingerprint density at radius 1 is 0.423 bits per heavy atom. The lowest BCUT2D eigenvalue weighted by molar-refractivity contribution is 0.366. The Morgan fingerprint density at radius 3 is 1.77 bits per heavy atom. The molecule has 0 radical (unpaired) electrons. The van der Waals surface area contributed by atoms with Gasteiger partial charge >= 0.3 is 0 Å². The topological polar surface area (TPSA) is 3.24 Å². The maximum Gasteiger partial charge on any atom is 0.0468 e. The van der Waals surface area contributed by atoms with Crippen molar-refractivity contribution in [1.29, 1.82) is 0 Å².